The van der Waals surface area contributed by atoms with Crippen LogP contribution in [-0.4, -0.2) is 18.1 Å². The Labute approximate surface area is 131 Å². The Bertz CT molecular complexity index is 884. The predicted molar refractivity (Wildman–Crippen MR) is 85.7 cm³/mol. The number of urea groups is 1. The molecule has 7 nitrogen and oxygen atoms in total. The Hall–Kier alpha value is -3.22. The Balaban J connectivity index is 1.78. The molecule has 23 heavy (non-hydrogen) atoms. The summed E-state index contributed by atoms with van der Waals surface area (Å²) < 4.78 is 10.2. The Morgan fingerprint density at radius 3 is 2.96 bits per heavy atom. The largest absolute Gasteiger partial charge is 0.497 e. The number of methoxy groups -OCH3 is 1. The molecule has 1 aromatic carbocycles. The van der Waals surface area contributed by atoms with Crippen molar-refractivity contribution in [2.75, 3.05) is 12.4 Å². The van der Waals surface area contributed by atoms with Crippen LogP contribution < -0.4 is 20.8 Å². The molecule has 0 aliphatic carbocycles. The van der Waals surface area contributed by atoms with Gasteiger partial charge in [-0.05, 0) is 30.3 Å². The highest BCUT2D eigenvalue weighted by Gasteiger charge is 2.09. The van der Waals surface area contributed by atoms with Crippen LogP contribution >= 0.6 is 0 Å². The third kappa shape index (κ3) is 3.18. The lowest BCUT2D eigenvalue weighted by molar-refractivity contribution is 0.251. The van der Waals surface area contributed by atoms with Crippen LogP contribution in [0.25, 0.3) is 10.9 Å². The number of H-pyrrole nitrogens is 1. The first-order valence-electron chi connectivity index (χ1n) is 6.94. The molecule has 0 spiro atoms. The van der Waals surface area contributed by atoms with E-state index in [1.54, 1.807) is 30.3 Å². The van der Waals surface area contributed by atoms with Gasteiger partial charge in [0.1, 0.15) is 17.2 Å². The third-order valence-electron chi connectivity index (χ3n) is 3.34. The molecular weight excluding hydrogens is 298 g/mol. The summed E-state index contributed by atoms with van der Waals surface area (Å²) in [7, 11) is 1.53. The van der Waals surface area contributed by atoms with Crippen LogP contribution in [0, 0.1) is 0 Å². The van der Waals surface area contributed by atoms with Gasteiger partial charge in [-0.15, -0.1) is 0 Å². The molecule has 0 fully saturated rings. The highest BCUT2D eigenvalue weighted by molar-refractivity contribution is 5.92. The molecule has 7 heteroatoms. The molecule has 0 saturated heterocycles. The van der Waals surface area contributed by atoms with Gasteiger partial charge >= 0.3 is 6.03 Å². The quantitative estimate of drug-likeness (QED) is 0.689. The van der Waals surface area contributed by atoms with E-state index in [1.807, 2.05) is 0 Å². The zero-order chi connectivity index (χ0) is 16.2. The zero-order valence-corrected chi connectivity index (χ0v) is 12.4. The molecule has 3 aromatic rings. The van der Waals surface area contributed by atoms with Crippen LogP contribution in [0.4, 0.5) is 10.5 Å². The first-order chi connectivity index (χ1) is 11.2. The van der Waals surface area contributed by atoms with Crippen LogP contribution in [0.3, 0.4) is 0 Å². The number of carbonyl (C=O) groups is 1. The number of aromatic amines is 1. The van der Waals surface area contributed by atoms with Gasteiger partial charge < -0.3 is 24.8 Å². The molecule has 0 saturated carbocycles. The van der Waals surface area contributed by atoms with Crippen LogP contribution in [0.1, 0.15) is 5.76 Å². The summed E-state index contributed by atoms with van der Waals surface area (Å²) in [6, 6.07) is 8.11. The summed E-state index contributed by atoms with van der Waals surface area (Å²) >= 11 is 0. The van der Waals surface area contributed by atoms with Gasteiger partial charge in [-0.3, -0.25) is 4.79 Å². The van der Waals surface area contributed by atoms with Crippen LogP contribution in [0.2, 0.25) is 0 Å². The first-order valence-corrected chi connectivity index (χ1v) is 6.94. The van der Waals surface area contributed by atoms with E-state index >= 15 is 0 Å². The van der Waals surface area contributed by atoms with Gasteiger partial charge in [-0.25, -0.2) is 4.79 Å². The maximum atomic E-state index is 12.4. The normalized spacial score (nSPS) is 10.5. The summed E-state index contributed by atoms with van der Waals surface area (Å²) in [5, 5.41) is 5.57. The monoisotopic (exact) mass is 313 g/mol. The summed E-state index contributed by atoms with van der Waals surface area (Å²) in [5.41, 5.74) is 0.533. The number of furan rings is 1. The molecule has 3 rings (SSSR count). The van der Waals surface area contributed by atoms with Crippen LogP contribution in [0.15, 0.2) is 52.0 Å². The molecule has 2 heterocycles. The van der Waals surface area contributed by atoms with E-state index < -0.39 is 6.03 Å². The maximum absolute atomic E-state index is 12.4. The van der Waals surface area contributed by atoms with E-state index in [0.717, 1.165) is 0 Å². The van der Waals surface area contributed by atoms with E-state index in [2.05, 4.69) is 15.6 Å². The first kappa shape index (κ1) is 14.7. The van der Waals surface area contributed by atoms with E-state index in [9.17, 15) is 9.59 Å². The number of aromatic nitrogens is 1. The molecular formula is C16H15N3O4. The van der Waals surface area contributed by atoms with E-state index in [-0.39, 0.29) is 17.7 Å². The second-order valence-corrected chi connectivity index (χ2v) is 4.83. The van der Waals surface area contributed by atoms with Crippen molar-refractivity contribution < 1.29 is 13.9 Å². The Kier molecular flexibility index (Phi) is 4.01. The molecule has 118 valence electrons. The fourth-order valence-electron chi connectivity index (χ4n) is 2.16. The number of carbonyl (C=O) groups excluding carboxylic acids is 1. The minimum Gasteiger partial charge on any atom is -0.497 e. The van der Waals surface area contributed by atoms with Crippen molar-refractivity contribution in [3.05, 3.63) is 58.8 Å². The minimum atomic E-state index is -0.492. The number of nitrogens with one attached hydrogen (secondary N) is 3. The molecule has 2 aromatic heterocycles. The average molecular weight is 313 g/mol. The van der Waals surface area contributed by atoms with Crippen molar-refractivity contribution in [2.24, 2.45) is 0 Å². The fourth-order valence-corrected chi connectivity index (χ4v) is 2.16. The number of anilines is 1. The topological polar surface area (TPSA) is 96.4 Å². The lowest BCUT2D eigenvalue weighted by atomic mass is 10.2. The number of fused-ring (bicyclic) bond motifs is 1. The van der Waals surface area contributed by atoms with Gasteiger partial charge in [-0.1, -0.05) is 0 Å². The van der Waals surface area contributed by atoms with E-state index in [1.165, 1.54) is 19.6 Å². The number of hydrogen-bond acceptors (Lipinski definition) is 4. The second-order valence-electron chi connectivity index (χ2n) is 4.83. The number of rotatable bonds is 4. The predicted octanol–water partition coefficient (Wildman–Crippen LogP) is 2.45. The van der Waals surface area contributed by atoms with Crippen LogP contribution in [0.5, 0.6) is 5.75 Å². The molecule has 0 aliphatic heterocycles. The summed E-state index contributed by atoms with van der Waals surface area (Å²) in [5.74, 6) is 1.19. The highest BCUT2D eigenvalue weighted by Crippen LogP contribution is 2.17. The highest BCUT2D eigenvalue weighted by atomic mass is 16.5. The van der Waals surface area contributed by atoms with Crippen molar-refractivity contribution in [1.29, 1.82) is 0 Å². The van der Waals surface area contributed by atoms with Crippen molar-refractivity contribution >= 4 is 22.6 Å². The fraction of sp³-hybridized carbons (Fsp3) is 0.125. The summed E-state index contributed by atoms with van der Waals surface area (Å²) in [4.78, 5) is 27.3. The van der Waals surface area contributed by atoms with Crippen LogP contribution in [-0.2, 0) is 6.54 Å². The Morgan fingerprint density at radius 2 is 2.22 bits per heavy atom. The standard InChI is InChI=1S/C16H15N3O4/c1-22-10-4-5-13-12(7-10)15(20)14(9-17-13)19-16(21)18-8-11-3-2-6-23-11/h2-7,9H,8H2,1H3,(H,17,20)(H2,18,19,21). The van der Waals surface area contributed by atoms with Gasteiger partial charge in [-0.2, -0.15) is 0 Å². The van der Waals surface area contributed by atoms with E-state index in [4.69, 9.17) is 9.15 Å². The summed E-state index contributed by atoms with van der Waals surface area (Å²) in [6.45, 7) is 0.234. The molecule has 2 amide bonds. The molecule has 0 unspecified atom stereocenters. The van der Waals surface area contributed by atoms with Gasteiger partial charge in [0.2, 0.25) is 5.43 Å². The lowest BCUT2D eigenvalue weighted by Gasteiger charge is -2.08. The minimum absolute atomic E-state index is 0.155. The third-order valence-corrected chi connectivity index (χ3v) is 3.34. The Morgan fingerprint density at radius 1 is 1.35 bits per heavy atom. The SMILES string of the molecule is COc1ccc2[nH]cc(NC(=O)NCc3ccco3)c(=O)c2c1. The van der Waals surface area contributed by atoms with Crippen molar-refractivity contribution in [3.63, 3.8) is 0 Å². The molecule has 0 radical (unpaired) electrons. The number of hydrogen-bond donors (Lipinski definition) is 3. The number of pyridine rings is 1. The molecule has 0 aliphatic rings. The lowest BCUT2D eigenvalue weighted by Crippen LogP contribution is -2.30. The number of ether oxygens (including phenoxy) is 1. The number of benzene rings is 1. The van der Waals surface area contributed by atoms with Gasteiger partial charge in [0.05, 0.1) is 25.3 Å². The van der Waals surface area contributed by atoms with Gasteiger partial charge in [0.25, 0.3) is 0 Å². The number of amides is 2. The van der Waals surface area contributed by atoms with E-state index in [0.29, 0.717) is 22.4 Å². The van der Waals surface area contributed by atoms with Crippen molar-refractivity contribution in [2.45, 2.75) is 6.54 Å². The summed E-state index contributed by atoms with van der Waals surface area (Å²) in [6.07, 6.45) is 2.99. The van der Waals surface area contributed by atoms with Gasteiger partial charge in [0.15, 0.2) is 0 Å². The maximum Gasteiger partial charge on any atom is 0.319 e. The van der Waals surface area contributed by atoms with Crippen molar-refractivity contribution in [1.82, 2.24) is 10.3 Å². The average Bonchev–Trinajstić information content (AvgIpc) is 3.09. The second kappa shape index (κ2) is 6.27. The van der Waals surface area contributed by atoms with Gasteiger partial charge in [0, 0.05) is 11.7 Å². The van der Waals surface area contributed by atoms with Crippen molar-refractivity contribution in [3.8, 4) is 5.75 Å². The molecule has 0 bridgehead atoms. The molecule has 0 atom stereocenters. The zero-order valence-electron chi connectivity index (χ0n) is 12.4. The molecule has 3 N–H and O–H groups in total. The smallest absolute Gasteiger partial charge is 0.319 e.